The average Bonchev–Trinajstić information content (AvgIpc) is 2.17. The van der Waals surface area contributed by atoms with E-state index in [1.54, 1.807) is 18.2 Å². The quantitative estimate of drug-likeness (QED) is 0.817. The molecule has 0 aliphatic carbocycles. The van der Waals surface area contributed by atoms with E-state index in [4.69, 9.17) is 5.11 Å². The van der Waals surface area contributed by atoms with Crippen LogP contribution in [0.2, 0.25) is 0 Å². The van der Waals surface area contributed by atoms with E-state index in [1.807, 2.05) is 0 Å². The molecule has 1 N–H and O–H groups in total. The predicted octanol–water partition coefficient (Wildman–Crippen LogP) is 3.03. The van der Waals surface area contributed by atoms with E-state index in [-0.39, 0.29) is 12.0 Å². The van der Waals surface area contributed by atoms with Crippen molar-refractivity contribution < 1.29 is 18.7 Å². The number of hydrogen-bond donors (Lipinski definition) is 1. The Balaban J connectivity index is 2.63. The van der Waals surface area contributed by atoms with Gasteiger partial charge in [0.2, 0.25) is 0 Å². The molecule has 0 saturated carbocycles. The van der Waals surface area contributed by atoms with Gasteiger partial charge in [-0.15, -0.1) is 0 Å². The summed E-state index contributed by atoms with van der Waals surface area (Å²) in [6.07, 6.45) is -1.71. The summed E-state index contributed by atoms with van der Waals surface area (Å²) in [6, 6.07) is 6.23. The van der Waals surface area contributed by atoms with Crippen molar-refractivity contribution in [3.05, 3.63) is 35.4 Å². The third-order valence-electron chi connectivity index (χ3n) is 2.13. The number of aryl methyl sites for hydroxylation is 1. The lowest BCUT2D eigenvalue weighted by Gasteiger charge is -2.07. The van der Waals surface area contributed by atoms with Crippen molar-refractivity contribution in [2.45, 2.75) is 25.7 Å². The lowest BCUT2D eigenvalue weighted by atomic mass is 10.0. The maximum absolute atomic E-state index is 12.5. The van der Waals surface area contributed by atoms with Crippen LogP contribution in [0.15, 0.2) is 24.3 Å². The van der Waals surface area contributed by atoms with Crippen LogP contribution >= 0.6 is 0 Å². The van der Waals surface area contributed by atoms with Crippen LogP contribution in [0.5, 0.6) is 0 Å². The van der Waals surface area contributed by atoms with E-state index in [0.717, 1.165) is 0 Å². The molecule has 82 valence electrons. The zero-order valence-corrected chi connectivity index (χ0v) is 8.12. The number of carboxylic acids is 1. The molecule has 0 heterocycles. The summed E-state index contributed by atoms with van der Waals surface area (Å²) in [5.74, 6) is -0.899. The van der Waals surface area contributed by atoms with Crippen LogP contribution in [-0.4, -0.2) is 11.1 Å². The highest BCUT2D eigenvalue weighted by Gasteiger charge is 2.11. The van der Waals surface area contributed by atoms with Gasteiger partial charge in [-0.1, -0.05) is 24.3 Å². The van der Waals surface area contributed by atoms with Gasteiger partial charge >= 0.3 is 5.97 Å². The Morgan fingerprint density at radius 3 is 2.60 bits per heavy atom. The van der Waals surface area contributed by atoms with Gasteiger partial charge in [0.05, 0.1) is 0 Å². The fraction of sp³-hybridized carbons (Fsp3) is 0.364. The molecule has 0 spiro atoms. The van der Waals surface area contributed by atoms with Gasteiger partial charge in [0.1, 0.15) is 0 Å². The number of halogens is 2. The Labute approximate surface area is 86.5 Å². The van der Waals surface area contributed by atoms with Gasteiger partial charge in [0.25, 0.3) is 6.43 Å². The van der Waals surface area contributed by atoms with Crippen LogP contribution in [0.3, 0.4) is 0 Å². The first kappa shape index (κ1) is 11.6. The normalized spacial score (nSPS) is 10.6. The van der Waals surface area contributed by atoms with Gasteiger partial charge in [-0.3, -0.25) is 4.79 Å². The van der Waals surface area contributed by atoms with Crippen LogP contribution in [0.4, 0.5) is 8.78 Å². The maximum atomic E-state index is 12.5. The molecular weight excluding hydrogens is 202 g/mol. The highest BCUT2D eigenvalue weighted by Crippen LogP contribution is 2.23. The number of carboxylic acid groups (broad SMARTS) is 1. The standard InChI is InChI=1S/C11H12F2O2/c12-11(13)9-6-2-1-4-8(9)5-3-7-10(14)15/h1-2,4,6,11H,3,5,7H2,(H,14,15). The number of carbonyl (C=O) groups is 1. The van der Waals surface area contributed by atoms with Crippen molar-refractivity contribution in [1.29, 1.82) is 0 Å². The van der Waals surface area contributed by atoms with E-state index in [9.17, 15) is 13.6 Å². The van der Waals surface area contributed by atoms with Crippen LogP contribution in [0.25, 0.3) is 0 Å². The summed E-state index contributed by atoms with van der Waals surface area (Å²) in [5.41, 5.74) is 0.539. The first-order valence-electron chi connectivity index (χ1n) is 4.69. The molecule has 0 aromatic heterocycles. The largest absolute Gasteiger partial charge is 0.481 e. The monoisotopic (exact) mass is 214 g/mol. The molecule has 1 aromatic carbocycles. The number of alkyl halides is 2. The zero-order valence-electron chi connectivity index (χ0n) is 8.12. The molecular formula is C11H12F2O2. The summed E-state index contributed by atoms with van der Waals surface area (Å²) in [7, 11) is 0. The third kappa shape index (κ3) is 3.65. The first-order chi connectivity index (χ1) is 7.11. The minimum atomic E-state index is -2.49. The highest BCUT2D eigenvalue weighted by molar-refractivity contribution is 5.66. The minimum Gasteiger partial charge on any atom is -0.481 e. The number of benzene rings is 1. The molecule has 0 bridgehead atoms. The third-order valence-corrected chi connectivity index (χ3v) is 2.13. The Hall–Kier alpha value is -1.45. The first-order valence-corrected chi connectivity index (χ1v) is 4.69. The van der Waals surface area contributed by atoms with Gasteiger partial charge in [-0.05, 0) is 18.4 Å². The predicted molar refractivity (Wildman–Crippen MR) is 52.0 cm³/mol. The molecule has 0 unspecified atom stereocenters. The second kappa shape index (κ2) is 5.44. The van der Waals surface area contributed by atoms with Gasteiger partial charge in [-0.25, -0.2) is 8.78 Å². The maximum Gasteiger partial charge on any atom is 0.303 e. The van der Waals surface area contributed by atoms with E-state index in [0.29, 0.717) is 18.4 Å². The summed E-state index contributed by atoms with van der Waals surface area (Å²) >= 11 is 0. The molecule has 15 heavy (non-hydrogen) atoms. The molecule has 1 rings (SSSR count). The van der Waals surface area contributed by atoms with Crippen LogP contribution < -0.4 is 0 Å². The Kier molecular flexibility index (Phi) is 4.21. The second-order valence-electron chi connectivity index (χ2n) is 3.25. The van der Waals surface area contributed by atoms with Crippen molar-refractivity contribution in [3.63, 3.8) is 0 Å². The number of rotatable bonds is 5. The summed E-state index contributed by atoms with van der Waals surface area (Å²) in [6.45, 7) is 0. The summed E-state index contributed by atoms with van der Waals surface area (Å²) in [4.78, 5) is 10.3. The molecule has 0 aliphatic rings. The van der Waals surface area contributed by atoms with E-state index >= 15 is 0 Å². The average molecular weight is 214 g/mol. The van der Waals surface area contributed by atoms with E-state index in [2.05, 4.69) is 0 Å². The SMILES string of the molecule is O=C(O)CCCc1ccccc1C(F)F. The Morgan fingerprint density at radius 1 is 1.33 bits per heavy atom. The molecule has 0 aliphatic heterocycles. The summed E-state index contributed by atoms with van der Waals surface area (Å²) in [5, 5.41) is 8.42. The van der Waals surface area contributed by atoms with Crippen molar-refractivity contribution in [2.24, 2.45) is 0 Å². The summed E-state index contributed by atoms with van der Waals surface area (Å²) < 4.78 is 25.0. The molecule has 1 aromatic rings. The fourth-order valence-electron chi connectivity index (χ4n) is 1.40. The van der Waals surface area contributed by atoms with Crippen LogP contribution in [0, 0.1) is 0 Å². The molecule has 4 heteroatoms. The highest BCUT2D eigenvalue weighted by atomic mass is 19.3. The van der Waals surface area contributed by atoms with Crippen molar-refractivity contribution in [3.8, 4) is 0 Å². The zero-order chi connectivity index (χ0) is 11.3. The Bertz CT molecular complexity index is 337. The van der Waals surface area contributed by atoms with Crippen molar-refractivity contribution >= 4 is 5.97 Å². The number of aliphatic carboxylic acids is 1. The van der Waals surface area contributed by atoms with E-state index < -0.39 is 12.4 Å². The van der Waals surface area contributed by atoms with Gasteiger partial charge in [0, 0.05) is 12.0 Å². The smallest absolute Gasteiger partial charge is 0.303 e. The van der Waals surface area contributed by atoms with E-state index in [1.165, 1.54) is 6.07 Å². The minimum absolute atomic E-state index is 0.00267. The molecule has 0 atom stereocenters. The van der Waals surface area contributed by atoms with Crippen molar-refractivity contribution in [1.82, 2.24) is 0 Å². The van der Waals surface area contributed by atoms with Gasteiger partial charge in [0.15, 0.2) is 0 Å². The molecule has 0 saturated heterocycles. The second-order valence-corrected chi connectivity index (χ2v) is 3.25. The lowest BCUT2D eigenvalue weighted by molar-refractivity contribution is -0.137. The number of hydrogen-bond acceptors (Lipinski definition) is 1. The topological polar surface area (TPSA) is 37.3 Å². The van der Waals surface area contributed by atoms with Crippen LogP contribution in [0.1, 0.15) is 30.4 Å². The van der Waals surface area contributed by atoms with Crippen molar-refractivity contribution in [2.75, 3.05) is 0 Å². The molecule has 0 radical (unpaired) electrons. The molecule has 0 fully saturated rings. The molecule has 0 amide bonds. The lowest BCUT2D eigenvalue weighted by Crippen LogP contribution is -1.98. The Morgan fingerprint density at radius 2 is 2.00 bits per heavy atom. The van der Waals surface area contributed by atoms with Gasteiger partial charge < -0.3 is 5.11 Å². The molecule has 2 nitrogen and oxygen atoms in total. The van der Waals surface area contributed by atoms with Crippen LogP contribution in [-0.2, 0) is 11.2 Å². The van der Waals surface area contributed by atoms with Gasteiger partial charge in [-0.2, -0.15) is 0 Å². The fourth-order valence-corrected chi connectivity index (χ4v) is 1.40.